The standard InChI is InChI=1S/C18H17NO2/c1-13(17-7-4-10-21-17)19-18(20)12-14-8-9-15-5-2-3-6-16(15)11-14/h2-11,13H,12H2,1H3,(H,19,20)/t13-/m1/s1. The van der Waals surface area contributed by atoms with E-state index in [1.165, 1.54) is 5.39 Å². The van der Waals surface area contributed by atoms with Crippen LogP contribution in [0.15, 0.2) is 65.3 Å². The highest BCUT2D eigenvalue weighted by atomic mass is 16.3. The summed E-state index contributed by atoms with van der Waals surface area (Å²) >= 11 is 0. The van der Waals surface area contributed by atoms with Crippen LogP contribution in [0.4, 0.5) is 0 Å². The lowest BCUT2D eigenvalue weighted by molar-refractivity contribution is -0.121. The number of amides is 1. The largest absolute Gasteiger partial charge is 0.467 e. The lowest BCUT2D eigenvalue weighted by Crippen LogP contribution is -2.27. The Morgan fingerprint density at radius 1 is 1.10 bits per heavy atom. The number of hydrogen-bond acceptors (Lipinski definition) is 2. The predicted molar refractivity (Wildman–Crippen MR) is 82.9 cm³/mol. The number of carbonyl (C=O) groups excluding carboxylic acids is 1. The minimum Gasteiger partial charge on any atom is -0.467 e. The van der Waals surface area contributed by atoms with Gasteiger partial charge in [0.1, 0.15) is 5.76 Å². The summed E-state index contributed by atoms with van der Waals surface area (Å²) in [5.74, 6) is 0.760. The molecular weight excluding hydrogens is 262 g/mol. The second kappa shape index (κ2) is 5.83. The maximum Gasteiger partial charge on any atom is 0.224 e. The van der Waals surface area contributed by atoms with Crippen LogP contribution in [0.1, 0.15) is 24.3 Å². The molecule has 1 atom stereocenters. The topological polar surface area (TPSA) is 42.2 Å². The molecule has 1 amide bonds. The van der Waals surface area contributed by atoms with Crippen molar-refractivity contribution in [3.63, 3.8) is 0 Å². The van der Waals surface area contributed by atoms with Crippen molar-refractivity contribution in [2.24, 2.45) is 0 Å². The Kier molecular flexibility index (Phi) is 3.73. The summed E-state index contributed by atoms with van der Waals surface area (Å²) in [6.45, 7) is 1.91. The molecule has 0 saturated heterocycles. The SMILES string of the molecule is C[C@@H](NC(=O)Cc1ccc2ccccc2c1)c1ccco1. The number of carbonyl (C=O) groups is 1. The normalized spacial score (nSPS) is 12.2. The fourth-order valence-corrected chi connectivity index (χ4v) is 2.44. The molecule has 3 nitrogen and oxygen atoms in total. The van der Waals surface area contributed by atoms with Crippen LogP contribution >= 0.6 is 0 Å². The summed E-state index contributed by atoms with van der Waals surface area (Å²) < 4.78 is 5.29. The van der Waals surface area contributed by atoms with E-state index in [-0.39, 0.29) is 11.9 Å². The van der Waals surface area contributed by atoms with Crippen LogP contribution in [0.25, 0.3) is 10.8 Å². The third-order valence-corrected chi connectivity index (χ3v) is 3.53. The number of furan rings is 1. The smallest absolute Gasteiger partial charge is 0.224 e. The van der Waals surface area contributed by atoms with Crippen LogP contribution in [0.5, 0.6) is 0 Å². The average molecular weight is 279 g/mol. The van der Waals surface area contributed by atoms with Gasteiger partial charge in [0.15, 0.2) is 0 Å². The van der Waals surface area contributed by atoms with Crippen molar-refractivity contribution in [1.82, 2.24) is 5.32 Å². The van der Waals surface area contributed by atoms with E-state index in [9.17, 15) is 4.79 Å². The minimum atomic E-state index is -0.118. The van der Waals surface area contributed by atoms with Crippen molar-refractivity contribution < 1.29 is 9.21 Å². The Morgan fingerprint density at radius 2 is 1.90 bits per heavy atom. The van der Waals surface area contributed by atoms with Crippen molar-refractivity contribution in [3.8, 4) is 0 Å². The van der Waals surface area contributed by atoms with E-state index in [2.05, 4.69) is 23.5 Å². The van der Waals surface area contributed by atoms with Gasteiger partial charge < -0.3 is 9.73 Å². The molecule has 1 aromatic heterocycles. The fourth-order valence-electron chi connectivity index (χ4n) is 2.44. The van der Waals surface area contributed by atoms with Crippen molar-refractivity contribution >= 4 is 16.7 Å². The number of rotatable bonds is 4. The van der Waals surface area contributed by atoms with E-state index in [4.69, 9.17) is 4.42 Å². The van der Waals surface area contributed by atoms with Gasteiger partial charge in [-0.2, -0.15) is 0 Å². The van der Waals surface area contributed by atoms with Crippen LogP contribution in [-0.2, 0) is 11.2 Å². The molecule has 106 valence electrons. The highest BCUT2D eigenvalue weighted by molar-refractivity contribution is 5.85. The van der Waals surface area contributed by atoms with Gasteiger partial charge in [-0.15, -0.1) is 0 Å². The zero-order valence-electron chi connectivity index (χ0n) is 11.9. The van der Waals surface area contributed by atoms with Crippen LogP contribution in [0, 0.1) is 0 Å². The van der Waals surface area contributed by atoms with Gasteiger partial charge in [-0.1, -0.05) is 42.5 Å². The summed E-state index contributed by atoms with van der Waals surface area (Å²) in [6.07, 6.45) is 1.98. The van der Waals surface area contributed by atoms with Crippen LogP contribution in [-0.4, -0.2) is 5.91 Å². The summed E-state index contributed by atoms with van der Waals surface area (Å²) in [5.41, 5.74) is 1.01. The Morgan fingerprint density at radius 3 is 2.67 bits per heavy atom. The van der Waals surface area contributed by atoms with E-state index in [0.29, 0.717) is 6.42 Å². The molecule has 0 unspecified atom stereocenters. The lowest BCUT2D eigenvalue weighted by Gasteiger charge is -2.11. The number of nitrogens with one attached hydrogen (secondary N) is 1. The predicted octanol–water partition coefficient (Wildman–Crippen LogP) is 3.85. The highest BCUT2D eigenvalue weighted by Gasteiger charge is 2.12. The molecule has 3 rings (SSSR count). The monoisotopic (exact) mass is 279 g/mol. The van der Waals surface area contributed by atoms with Gasteiger partial charge in [0.05, 0.1) is 18.7 Å². The maximum atomic E-state index is 12.1. The number of hydrogen-bond donors (Lipinski definition) is 1. The maximum absolute atomic E-state index is 12.1. The highest BCUT2D eigenvalue weighted by Crippen LogP contribution is 2.17. The van der Waals surface area contributed by atoms with E-state index in [0.717, 1.165) is 16.7 Å². The molecule has 0 bridgehead atoms. The molecule has 0 saturated carbocycles. The molecule has 1 heterocycles. The molecule has 21 heavy (non-hydrogen) atoms. The zero-order chi connectivity index (χ0) is 14.7. The van der Waals surface area contributed by atoms with E-state index in [1.807, 2.05) is 43.3 Å². The van der Waals surface area contributed by atoms with E-state index >= 15 is 0 Å². The lowest BCUT2D eigenvalue weighted by atomic mass is 10.0. The first-order valence-corrected chi connectivity index (χ1v) is 7.03. The Hall–Kier alpha value is -2.55. The van der Waals surface area contributed by atoms with Gasteiger partial charge in [-0.25, -0.2) is 0 Å². The second-order valence-electron chi connectivity index (χ2n) is 5.16. The molecule has 0 fully saturated rings. The van der Waals surface area contributed by atoms with Crippen molar-refractivity contribution in [2.75, 3.05) is 0 Å². The zero-order valence-corrected chi connectivity index (χ0v) is 11.9. The van der Waals surface area contributed by atoms with Crippen molar-refractivity contribution in [3.05, 3.63) is 72.2 Å². The molecule has 2 aromatic carbocycles. The minimum absolute atomic E-state index is 0.00539. The molecule has 0 aliphatic carbocycles. The summed E-state index contributed by atoms with van der Waals surface area (Å²) in [5, 5.41) is 5.29. The Labute approximate surface area is 123 Å². The number of benzene rings is 2. The van der Waals surface area contributed by atoms with Gasteiger partial charge in [0, 0.05) is 0 Å². The first-order valence-electron chi connectivity index (χ1n) is 7.03. The molecule has 3 aromatic rings. The van der Waals surface area contributed by atoms with Crippen molar-refractivity contribution in [2.45, 2.75) is 19.4 Å². The molecule has 1 N–H and O–H groups in total. The molecule has 0 spiro atoms. The molecule has 0 aliphatic heterocycles. The molecule has 0 aliphatic rings. The van der Waals surface area contributed by atoms with E-state index < -0.39 is 0 Å². The van der Waals surface area contributed by atoms with Gasteiger partial charge in [0.2, 0.25) is 5.91 Å². The van der Waals surface area contributed by atoms with Gasteiger partial charge in [0.25, 0.3) is 0 Å². The number of fused-ring (bicyclic) bond motifs is 1. The second-order valence-corrected chi connectivity index (χ2v) is 5.16. The van der Waals surface area contributed by atoms with Crippen LogP contribution < -0.4 is 5.32 Å². The van der Waals surface area contributed by atoms with Gasteiger partial charge >= 0.3 is 0 Å². The first kappa shape index (κ1) is 13.4. The Balaban J connectivity index is 1.68. The first-order chi connectivity index (χ1) is 10.2. The fraction of sp³-hybridized carbons (Fsp3) is 0.167. The van der Waals surface area contributed by atoms with Gasteiger partial charge in [-0.05, 0) is 35.4 Å². The summed E-state index contributed by atoms with van der Waals surface area (Å²) in [4.78, 5) is 12.1. The quantitative estimate of drug-likeness (QED) is 0.788. The molecular formula is C18H17NO2. The van der Waals surface area contributed by atoms with Crippen molar-refractivity contribution in [1.29, 1.82) is 0 Å². The van der Waals surface area contributed by atoms with Crippen LogP contribution in [0.3, 0.4) is 0 Å². The Bertz CT molecular complexity index is 747. The van der Waals surface area contributed by atoms with E-state index in [1.54, 1.807) is 6.26 Å². The third kappa shape index (κ3) is 3.14. The van der Waals surface area contributed by atoms with Gasteiger partial charge in [-0.3, -0.25) is 4.79 Å². The molecule has 3 heteroatoms. The molecule has 0 radical (unpaired) electrons. The van der Waals surface area contributed by atoms with Crippen LogP contribution in [0.2, 0.25) is 0 Å². The average Bonchev–Trinajstić information content (AvgIpc) is 3.01. The third-order valence-electron chi connectivity index (χ3n) is 3.53. The summed E-state index contributed by atoms with van der Waals surface area (Å²) in [7, 11) is 0. The summed E-state index contributed by atoms with van der Waals surface area (Å²) in [6, 6.07) is 17.8.